The Bertz CT molecular complexity index is 205. The van der Waals surface area contributed by atoms with Crippen molar-refractivity contribution in [2.45, 2.75) is 25.8 Å². The lowest BCUT2D eigenvalue weighted by atomic mass is 10.2. The van der Waals surface area contributed by atoms with Crippen LogP contribution in [-0.2, 0) is 9.53 Å². The third-order valence-electron chi connectivity index (χ3n) is 2.71. The van der Waals surface area contributed by atoms with E-state index in [4.69, 9.17) is 4.74 Å². The first-order valence-electron chi connectivity index (χ1n) is 5.60. The smallest absolute Gasteiger partial charge is 0.236 e. The van der Waals surface area contributed by atoms with E-state index in [9.17, 15) is 4.79 Å². The molecule has 1 rings (SSSR count). The molecule has 0 aromatic carbocycles. The summed E-state index contributed by atoms with van der Waals surface area (Å²) >= 11 is 0. The van der Waals surface area contributed by atoms with E-state index in [0.29, 0.717) is 18.5 Å². The lowest BCUT2D eigenvalue weighted by molar-refractivity contribution is -0.129. The van der Waals surface area contributed by atoms with Gasteiger partial charge in [0, 0.05) is 33.4 Å². The van der Waals surface area contributed by atoms with Crippen molar-refractivity contribution >= 4 is 5.91 Å². The average Bonchev–Trinajstić information content (AvgIpc) is 3.00. The van der Waals surface area contributed by atoms with Crippen LogP contribution in [0.3, 0.4) is 0 Å². The summed E-state index contributed by atoms with van der Waals surface area (Å²) in [5.41, 5.74) is 0. The van der Waals surface area contributed by atoms with Crippen LogP contribution in [0.5, 0.6) is 0 Å². The Morgan fingerprint density at radius 3 is 2.80 bits per heavy atom. The molecule has 0 heterocycles. The third kappa shape index (κ3) is 4.62. The first-order chi connectivity index (χ1) is 7.15. The van der Waals surface area contributed by atoms with E-state index >= 15 is 0 Å². The zero-order chi connectivity index (χ0) is 11.3. The molecular weight excluding hydrogens is 192 g/mol. The summed E-state index contributed by atoms with van der Waals surface area (Å²) in [5, 5.41) is 3.16. The number of hydrogen-bond acceptors (Lipinski definition) is 3. The van der Waals surface area contributed by atoms with E-state index in [1.54, 1.807) is 7.11 Å². The number of hydrogen-bond donors (Lipinski definition) is 1. The maximum Gasteiger partial charge on any atom is 0.236 e. The highest BCUT2D eigenvalue weighted by atomic mass is 16.5. The Balaban J connectivity index is 2.05. The molecule has 0 radical (unpaired) electrons. The molecule has 1 unspecified atom stereocenters. The van der Waals surface area contributed by atoms with Crippen LogP contribution in [0.15, 0.2) is 0 Å². The summed E-state index contributed by atoms with van der Waals surface area (Å²) in [7, 11) is 3.59. The second-order valence-corrected chi connectivity index (χ2v) is 4.43. The summed E-state index contributed by atoms with van der Waals surface area (Å²) in [6.45, 7) is 4.12. The summed E-state index contributed by atoms with van der Waals surface area (Å²) in [5.74, 6) is 0.649. The molecule has 1 fully saturated rings. The molecule has 0 aromatic rings. The standard InChI is InChI=1S/C11H22N2O2/c1-9(8-15-3)6-12-7-11(14)13(2)10-4-5-10/h9-10,12H,4-8H2,1-3H3. The second kappa shape index (κ2) is 6.08. The molecule has 1 aliphatic rings. The average molecular weight is 214 g/mol. The van der Waals surface area contributed by atoms with Crippen LogP contribution in [0.4, 0.5) is 0 Å². The number of ether oxygens (including phenoxy) is 1. The van der Waals surface area contributed by atoms with Crippen LogP contribution < -0.4 is 5.32 Å². The van der Waals surface area contributed by atoms with Crippen molar-refractivity contribution < 1.29 is 9.53 Å². The Morgan fingerprint density at radius 2 is 2.27 bits per heavy atom. The van der Waals surface area contributed by atoms with Crippen LogP contribution in [0, 0.1) is 5.92 Å². The van der Waals surface area contributed by atoms with Crippen molar-refractivity contribution in [1.82, 2.24) is 10.2 Å². The molecule has 0 bridgehead atoms. The molecular formula is C11H22N2O2. The van der Waals surface area contributed by atoms with E-state index in [2.05, 4.69) is 12.2 Å². The van der Waals surface area contributed by atoms with Gasteiger partial charge >= 0.3 is 0 Å². The van der Waals surface area contributed by atoms with Gasteiger partial charge in [0.15, 0.2) is 0 Å². The largest absolute Gasteiger partial charge is 0.384 e. The van der Waals surface area contributed by atoms with Gasteiger partial charge in [-0.1, -0.05) is 6.92 Å². The zero-order valence-electron chi connectivity index (χ0n) is 9.95. The first kappa shape index (κ1) is 12.5. The molecule has 0 saturated heterocycles. The van der Waals surface area contributed by atoms with Gasteiger partial charge in [0.1, 0.15) is 0 Å². The zero-order valence-corrected chi connectivity index (χ0v) is 9.95. The van der Waals surface area contributed by atoms with Crippen LogP contribution in [0.2, 0.25) is 0 Å². The number of carbonyl (C=O) groups excluding carboxylic acids is 1. The maximum absolute atomic E-state index is 11.6. The molecule has 15 heavy (non-hydrogen) atoms. The van der Waals surface area contributed by atoms with Gasteiger partial charge in [0.2, 0.25) is 5.91 Å². The number of nitrogens with one attached hydrogen (secondary N) is 1. The molecule has 0 aromatic heterocycles. The molecule has 4 nitrogen and oxygen atoms in total. The van der Waals surface area contributed by atoms with Gasteiger partial charge in [-0.25, -0.2) is 0 Å². The summed E-state index contributed by atoms with van der Waals surface area (Å²) in [4.78, 5) is 13.5. The minimum atomic E-state index is 0.196. The molecule has 0 spiro atoms. The molecule has 1 amide bonds. The van der Waals surface area contributed by atoms with Crippen molar-refractivity contribution in [1.29, 1.82) is 0 Å². The van der Waals surface area contributed by atoms with Gasteiger partial charge in [0.25, 0.3) is 0 Å². The fraction of sp³-hybridized carbons (Fsp3) is 0.909. The highest BCUT2D eigenvalue weighted by Gasteiger charge is 2.28. The van der Waals surface area contributed by atoms with E-state index in [-0.39, 0.29) is 5.91 Å². The molecule has 1 aliphatic carbocycles. The number of likely N-dealkylation sites (N-methyl/N-ethyl adjacent to an activating group) is 1. The predicted molar refractivity (Wildman–Crippen MR) is 59.7 cm³/mol. The van der Waals surface area contributed by atoms with Crippen LogP contribution >= 0.6 is 0 Å². The molecule has 1 atom stereocenters. The van der Waals surface area contributed by atoms with Crippen molar-refractivity contribution in [3.05, 3.63) is 0 Å². The van der Waals surface area contributed by atoms with Crippen LogP contribution in [0.25, 0.3) is 0 Å². The van der Waals surface area contributed by atoms with Gasteiger partial charge in [-0.2, -0.15) is 0 Å². The Morgan fingerprint density at radius 1 is 1.60 bits per heavy atom. The Kier molecular flexibility index (Phi) is 5.05. The van der Waals surface area contributed by atoms with Gasteiger partial charge in [-0.05, 0) is 18.8 Å². The summed E-state index contributed by atoms with van der Waals surface area (Å²) < 4.78 is 5.02. The first-order valence-corrected chi connectivity index (χ1v) is 5.60. The highest BCUT2D eigenvalue weighted by molar-refractivity contribution is 5.78. The fourth-order valence-electron chi connectivity index (χ4n) is 1.56. The molecule has 1 saturated carbocycles. The Labute approximate surface area is 92.0 Å². The van der Waals surface area contributed by atoms with Gasteiger partial charge < -0.3 is 15.0 Å². The lowest BCUT2D eigenvalue weighted by Crippen LogP contribution is -2.38. The van der Waals surface area contributed by atoms with E-state index in [1.807, 2.05) is 11.9 Å². The Hall–Kier alpha value is -0.610. The summed E-state index contributed by atoms with van der Waals surface area (Å²) in [6, 6.07) is 0.510. The molecule has 0 aliphatic heterocycles. The van der Waals surface area contributed by atoms with Crippen LogP contribution in [-0.4, -0.2) is 50.7 Å². The predicted octanol–water partition coefficient (Wildman–Crippen LogP) is 0.479. The molecule has 1 N–H and O–H groups in total. The third-order valence-corrected chi connectivity index (χ3v) is 2.71. The highest BCUT2D eigenvalue weighted by Crippen LogP contribution is 2.24. The van der Waals surface area contributed by atoms with Crippen molar-refractivity contribution in [2.24, 2.45) is 5.92 Å². The molecule has 88 valence electrons. The minimum absolute atomic E-state index is 0.196. The van der Waals surface area contributed by atoms with Gasteiger partial charge in [-0.3, -0.25) is 4.79 Å². The van der Waals surface area contributed by atoms with Gasteiger partial charge in [0.05, 0.1) is 6.54 Å². The van der Waals surface area contributed by atoms with E-state index in [0.717, 1.165) is 13.2 Å². The monoisotopic (exact) mass is 214 g/mol. The fourth-order valence-corrected chi connectivity index (χ4v) is 1.56. The maximum atomic E-state index is 11.6. The topological polar surface area (TPSA) is 41.6 Å². The van der Waals surface area contributed by atoms with Crippen molar-refractivity contribution in [3.63, 3.8) is 0 Å². The second-order valence-electron chi connectivity index (χ2n) is 4.43. The number of nitrogens with zero attached hydrogens (tertiary/aromatic N) is 1. The van der Waals surface area contributed by atoms with E-state index in [1.165, 1.54) is 12.8 Å². The SMILES string of the molecule is COCC(C)CNCC(=O)N(C)C1CC1. The van der Waals surface area contributed by atoms with Crippen molar-refractivity contribution in [2.75, 3.05) is 33.9 Å². The van der Waals surface area contributed by atoms with Crippen LogP contribution in [0.1, 0.15) is 19.8 Å². The lowest BCUT2D eigenvalue weighted by Gasteiger charge is -2.17. The van der Waals surface area contributed by atoms with E-state index < -0.39 is 0 Å². The van der Waals surface area contributed by atoms with Crippen molar-refractivity contribution in [3.8, 4) is 0 Å². The minimum Gasteiger partial charge on any atom is -0.384 e. The molecule has 4 heteroatoms. The number of rotatable bonds is 7. The normalized spacial score (nSPS) is 17.5. The number of amides is 1. The summed E-state index contributed by atoms with van der Waals surface area (Å²) in [6.07, 6.45) is 2.34. The number of carbonyl (C=O) groups is 1. The quantitative estimate of drug-likeness (QED) is 0.670. The number of methoxy groups -OCH3 is 1. The van der Waals surface area contributed by atoms with Gasteiger partial charge in [-0.15, -0.1) is 0 Å².